The third-order valence-electron chi connectivity index (χ3n) is 2.80. The molecule has 0 atom stereocenters. The van der Waals surface area contributed by atoms with Crippen LogP contribution in [0.5, 0.6) is 0 Å². The minimum Gasteiger partial charge on any atom is -0.296 e. The number of nitrogens with zero attached hydrogens (tertiary/aromatic N) is 4. The smallest absolute Gasteiger partial charge is 0.296 e. The van der Waals surface area contributed by atoms with Crippen molar-refractivity contribution in [2.45, 2.75) is 13.1 Å². The lowest BCUT2D eigenvalue weighted by Gasteiger charge is -2.00. The van der Waals surface area contributed by atoms with Gasteiger partial charge in [0.1, 0.15) is 0 Å². The van der Waals surface area contributed by atoms with Crippen molar-refractivity contribution in [2.24, 2.45) is 0 Å². The van der Waals surface area contributed by atoms with Crippen molar-refractivity contribution < 1.29 is 13.2 Å². The summed E-state index contributed by atoms with van der Waals surface area (Å²) in [5.41, 5.74) is 0.364. The van der Waals surface area contributed by atoms with E-state index in [4.69, 9.17) is 0 Å². The van der Waals surface area contributed by atoms with E-state index in [1.165, 1.54) is 12.4 Å². The van der Waals surface area contributed by atoms with Gasteiger partial charge in [-0.3, -0.25) is 9.89 Å². The fourth-order valence-corrected chi connectivity index (χ4v) is 2.50. The lowest BCUT2D eigenvalue weighted by atomic mass is 10.3. The Kier molecular flexibility index (Phi) is 3.32. The van der Waals surface area contributed by atoms with Gasteiger partial charge in [0.25, 0.3) is 5.56 Å². The molecule has 0 aliphatic rings. The Hall–Kier alpha value is -2.49. The highest BCUT2D eigenvalue weighted by molar-refractivity contribution is 7.14. The van der Waals surface area contributed by atoms with Gasteiger partial charge in [0.2, 0.25) is 5.01 Å². The molecule has 0 aromatic carbocycles. The number of hydrogen-bond acceptors (Lipinski definition) is 5. The average Bonchev–Trinajstić information content (AvgIpc) is 3.04. The normalized spacial score (nSPS) is 11.8. The molecule has 0 unspecified atom stereocenters. The number of aromatic amines is 1. The lowest BCUT2D eigenvalue weighted by molar-refractivity contribution is -0.138. The van der Waals surface area contributed by atoms with Crippen molar-refractivity contribution >= 4 is 11.3 Å². The standard InChI is InChI=1S/C12H8F3N5OS/c1-6-2-3-16-8(4-6)20-10(21)7(5-17-20)9-18-19-11(22-9)12(13,14)15/h2-5,17H,1H3. The van der Waals surface area contributed by atoms with Gasteiger partial charge >= 0.3 is 6.18 Å². The molecule has 0 saturated heterocycles. The summed E-state index contributed by atoms with van der Waals surface area (Å²) in [4.78, 5) is 16.3. The van der Waals surface area contributed by atoms with Crippen molar-refractivity contribution in [1.29, 1.82) is 0 Å². The quantitative estimate of drug-likeness (QED) is 0.784. The molecule has 0 radical (unpaired) electrons. The second-order valence-corrected chi connectivity index (χ2v) is 5.41. The Bertz CT molecular complexity index is 879. The van der Waals surface area contributed by atoms with E-state index in [0.717, 1.165) is 10.2 Å². The molecule has 0 bridgehead atoms. The van der Waals surface area contributed by atoms with E-state index in [9.17, 15) is 18.0 Å². The van der Waals surface area contributed by atoms with E-state index >= 15 is 0 Å². The van der Waals surface area contributed by atoms with Crippen LogP contribution in [0, 0.1) is 6.92 Å². The minimum atomic E-state index is -4.58. The number of halogens is 3. The third kappa shape index (κ3) is 2.52. The molecule has 1 N–H and O–H groups in total. The van der Waals surface area contributed by atoms with Crippen LogP contribution in [-0.4, -0.2) is 25.0 Å². The van der Waals surface area contributed by atoms with Crippen LogP contribution < -0.4 is 5.56 Å². The van der Waals surface area contributed by atoms with E-state index < -0.39 is 16.7 Å². The molecule has 0 spiro atoms. The molecule has 10 heteroatoms. The summed E-state index contributed by atoms with van der Waals surface area (Å²) >= 11 is 0.318. The molecule has 0 amide bonds. The Morgan fingerprint density at radius 2 is 2.09 bits per heavy atom. The first-order chi connectivity index (χ1) is 10.4. The number of aromatic nitrogens is 5. The molecule has 3 aromatic heterocycles. The predicted octanol–water partition coefficient (Wildman–Crippen LogP) is 2.41. The number of rotatable bonds is 2. The Labute approximate surface area is 125 Å². The van der Waals surface area contributed by atoms with E-state index in [2.05, 4.69) is 20.3 Å². The first-order valence-electron chi connectivity index (χ1n) is 6.01. The second kappa shape index (κ2) is 5.05. The molecule has 22 heavy (non-hydrogen) atoms. The van der Waals surface area contributed by atoms with Gasteiger partial charge in [0.05, 0.1) is 5.56 Å². The van der Waals surface area contributed by atoms with Crippen LogP contribution in [0.25, 0.3) is 16.4 Å². The zero-order valence-corrected chi connectivity index (χ0v) is 11.9. The van der Waals surface area contributed by atoms with Crippen LogP contribution in [0.4, 0.5) is 13.2 Å². The molecule has 0 saturated carbocycles. The van der Waals surface area contributed by atoms with Crippen LogP contribution in [0.2, 0.25) is 0 Å². The zero-order valence-electron chi connectivity index (χ0n) is 11.0. The van der Waals surface area contributed by atoms with Crippen LogP contribution in [0.3, 0.4) is 0 Å². The molecule has 114 valence electrons. The highest BCUT2D eigenvalue weighted by Crippen LogP contribution is 2.33. The summed E-state index contributed by atoms with van der Waals surface area (Å²) < 4.78 is 38.8. The molecule has 3 rings (SSSR count). The molecular weight excluding hydrogens is 319 g/mol. The Balaban J connectivity index is 2.04. The van der Waals surface area contributed by atoms with E-state index in [1.54, 1.807) is 12.1 Å². The Morgan fingerprint density at radius 1 is 1.32 bits per heavy atom. The number of aryl methyl sites for hydroxylation is 1. The topological polar surface area (TPSA) is 76.5 Å². The average molecular weight is 327 g/mol. The van der Waals surface area contributed by atoms with Gasteiger partial charge < -0.3 is 0 Å². The monoisotopic (exact) mass is 327 g/mol. The third-order valence-corrected chi connectivity index (χ3v) is 3.80. The van der Waals surface area contributed by atoms with Crippen molar-refractivity contribution in [3.8, 4) is 16.4 Å². The summed E-state index contributed by atoms with van der Waals surface area (Å²) in [6.45, 7) is 1.83. The number of hydrogen-bond donors (Lipinski definition) is 1. The van der Waals surface area contributed by atoms with Gasteiger partial charge in [0.15, 0.2) is 10.8 Å². The van der Waals surface area contributed by atoms with Crippen molar-refractivity contribution in [1.82, 2.24) is 25.0 Å². The van der Waals surface area contributed by atoms with Gasteiger partial charge in [-0.2, -0.15) is 13.2 Å². The summed E-state index contributed by atoms with van der Waals surface area (Å²) in [5.74, 6) is 0.344. The van der Waals surface area contributed by atoms with Gasteiger partial charge in [-0.05, 0) is 24.6 Å². The predicted molar refractivity (Wildman–Crippen MR) is 72.8 cm³/mol. The maximum Gasteiger partial charge on any atom is 0.445 e. The molecule has 6 nitrogen and oxygen atoms in total. The van der Waals surface area contributed by atoms with Gasteiger partial charge in [0, 0.05) is 12.4 Å². The number of nitrogens with one attached hydrogen (secondary N) is 1. The van der Waals surface area contributed by atoms with E-state index in [-0.39, 0.29) is 10.6 Å². The summed E-state index contributed by atoms with van der Waals surface area (Å²) in [5, 5.41) is 7.97. The van der Waals surface area contributed by atoms with Crippen LogP contribution >= 0.6 is 11.3 Å². The number of alkyl halides is 3. The molecule has 0 aliphatic carbocycles. The summed E-state index contributed by atoms with van der Waals surface area (Å²) in [6, 6.07) is 3.43. The van der Waals surface area contributed by atoms with E-state index in [0.29, 0.717) is 17.2 Å². The fourth-order valence-electron chi connectivity index (χ4n) is 1.78. The maximum absolute atomic E-state index is 12.5. The highest BCUT2D eigenvalue weighted by atomic mass is 32.1. The maximum atomic E-state index is 12.5. The number of pyridine rings is 1. The van der Waals surface area contributed by atoms with Crippen LogP contribution in [0.15, 0.2) is 29.3 Å². The lowest BCUT2D eigenvalue weighted by Crippen LogP contribution is -2.16. The molecule has 3 heterocycles. The summed E-state index contributed by atoms with van der Waals surface area (Å²) in [7, 11) is 0. The SMILES string of the molecule is Cc1ccnc(-n2[nH]cc(-c3nnc(C(F)(F)F)s3)c2=O)c1. The van der Waals surface area contributed by atoms with Gasteiger partial charge in [-0.1, -0.05) is 11.3 Å². The highest BCUT2D eigenvalue weighted by Gasteiger charge is 2.36. The fraction of sp³-hybridized carbons (Fsp3) is 0.167. The van der Waals surface area contributed by atoms with Gasteiger partial charge in [-0.15, -0.1) is 10.2 Å². The van der Waals surface area contributed by atoms with Crippen molar-refractivity contribution in [3.05, 3.63) is 45.5 Å². The molecule has 0 aliphatic heterocycles. The van der Waals surface area contributed by atoms with Crippen molar-refractivity contribution in [3.63, 3.8) is 0 Å². The van der Waals surface area contributed by atoms with Gasteiger partial charge in [-0.25, -0.2) is 9.67 Å². The van der Waals surface area contributed by atoms with Crippen LogP contribution in [-0.2, 0) is 6.18 Å². The molecule has 3 aromatic rings. The zero-order chi connectivity index (χ0) is 15.9. The first-order valence-corrected chi connectivity index (χ1v) is 6.82. The van der Waals surface area contributed by atoms with Crippen molar-refractivity contribution in [2.75, 3.05) is 0 Å². The molecule has 0 fully saturated rings. The largest absolute Gasteiger partial charge is 0.445 e. The second-order valence-electron chi connectivity index (χ2n) is 4.43. The minimum absolute atomic E-state index is 0.0105. The van der Waals surface area contributed by atoms with Crippen LogP contribution in [0.1, 0.15) is 10.6 Å². The number of H-pyrrole nitrogens is 1. The molecular formula is C12H8F3N5OS. The summed E-state index contributed by atoms with van der Waals surface area (Å²) in [6.07, 6.45) is -1.76. The first kappa shape index (κ1) is 14.4. The Morgan fingerprint density at radius 3 is 2.73 bits per heavy atom. The van der Waals surface area contributed by atoms with E-state index in [1.807, 2.05) is 6.92 Å².